The van der Waals surface area contributed by atoms with Crippen LogP contribution in [0.1, 0.15) is 174 Å². The monoisotopic (exact) mass is 732 g/mol. The quantitative estimate of drug-likeness (QED) is 0.0440. The molecule has 0 fully saturated rings. The molecule has 4 heteroatoms. The maximum Gasteiger partial charge on any atom is 0.220 e. The molecule has 1 amide bonds. The number of nitrogens with one attached hydrogen (secondary N) is 1. The van der Waals surface area contributed by atoms with E-state index < -0.39 is 12.1 Å². The third-order valence-corrected chi connectivity index (χ3v) is 8.98. The van der Waals surface area contributed by atoms with Crippen LogP contribution in [0.25, 0.3) is 0 Å². The zero-order chi connectivity index (χ0) is 38.6. The Labute approximate surface area is 327 Å². The number of amides is 1. The first kappa shape index (κ1) is 50.1. The first-order chi connectivity index (χ1) is 26.2. The summed E-state index contributed by atoms with van der Waals surface area (Å²) in [5, 5.41) is 22.9. The van der Waals surface area contributed by atoms with Crippen molar-refractivity contribution in [3.05, 3.63) is 109 Å². The average Bonchev–Trinajstić information content (AvgIpc) is 3.16. The van der Waals surface area contributed by atoms with E-state index in [9.17, 15) is 15.0 Å². The third-order valence-electron chi connectivity index (χ3n) is 8.98. The Morgan fingerprint density at radius 2 is 0.849 bits per heavy atom. The molecule has 0 radical (unpaired) electrons. The Morgan fingerprint density at radius 3 is 1.30 bits per heavy atom. The maximum atomic E-state index is 12.3. The SMILES string of the molecule is CC/C=C\C/C=C\C/C=C\C/C=C\C/C=C\C/C=C\CCC(=O)NC(CO)C(O)/C=C/CC/C=C/CC/C=C/CCCCCCCCCCCCCC. The van der Waals surface area contributed by atoms with E-state index in [1.807, 2.05) is 12.2 Å². The number of allylic oxidation sites excluding steroid dienone is 17. The number of carbonyl (C=O) groups excluding carboxylic acids is 1. The lowest BCUT2D eigenvalue weighted by molar-refractivity contribution is -0.122. The highest BCUT2D eigenvalue weighted by molar-refractivity contribution is 5.76. The Hall–Kier alpha value is -2.95. The van der Waals surface area contributed by atoms with Crippen LogP contribution < -0.4 is 5.32 Å². The fourth-order valence-corrected chi connectivity index (χ4v) is 5.70. The lowest BCUT2D eigenvalue weighted by Gasteiger charge is -2.19. The van der Waals surface area contributed by atoms with Gasteiger partial charge in [0.15, 0.2) is 0 Å². The fraction of sp³-hybridized carbons (Fsp3) is 0.612. The lowest BCUT2D eigenvalue weighted by Crippen LogP contribution is -2.45. The van der Waals surface area contributed by atoms with E-state index in [2.05, 4.69) is 110 Å². The Kier molecular flexibility index (Phi) is 41.0. The van der Waals surface area contributed by atoms with Gasteiger partial charge in [0.05, 0.1) is 18.8 Å². The molecule has 0 spiro atoms. The summed E-state index contributed by atoms with van der Waals surface area (Å²) in [4.78, 5) is 12.3. The molecule has 2 unspecified atom stereocenters. The van der Waals surface area contributed by atoms with E-state index in [1.54, 1.807) is 6.08 Å². The molecular weight excluding hydrogens is 651 g/mol. The summed E-state index contributed by atoms with van der Waals surface area (Å²) < 4.78 is 0. The van der Waals surface area contributed by atoms with Crippen LogP contribution in [-0.2, 0) is 4.79 Å². The van der Waals surface area contributed by atoms with E-state index >= 15 is 0 Å². The van der Waals surface area contributed by atoms with Gasteiger partial charge in [-0.1, -0.05) is 194 Å². The van der Waals surface area contributed by atoms with Gasteiger partial charge in [-0.3, -0.25) is 4.79 Å². The van der Waals surface area contributed by atoms with Crippen molar-refractivity contribution in [2.24, 2.45) is 0 Å². The van der Waals surface area contributed by atoms with Gasteiger partial charge in [-0.2, -0.15) is 0 Å². The molecule has 2 atom stereocenters. The Morgan fingerprint density at radius 1 is 0.472 bits per heavy atom. The minimum absolute atomic E-state index is 0.165. The highest BCUT2D eigenvalue weighted by atomic mass is 16.3. The van der Waals surface area contributed by atoms with Crippen molar-refractivity contribution in [1.82, 2.24) is 5.32 Å². The summed E-state index contributed by atoms with van der Waals surface area (Å²) in [7, 11) is 0. The number of rotatable bonds is 37. The highest BCUT2D eigenvalue weighted by Crippen LogP contribution is 2.13. The van der Waals surface area contributed by atoms with Crippen LogP contribution in [0.5, 0.6) is 0 Å². The summed E-state index contributed by atoms with van der Waals surface area (Å²) in [5.41, 5.74) is 0. The highest BCUT2D eigenvalue weighted by Gasteiger charge is 2.17. The second kappa shape index (κ2) is 43.5. The van der Waals surface area contributed by atoms with E-state index in [1.165, 1.54) is 83.5 Å². The molecule has 4 nitrogen and oxygen atoms in total. The van der Waals surface area contributed by atoms with Gasteiger partial charge in [0, 0.05) is 6.42 Å². The minimum Gasteiger partial charge on any atom is -0.394 e. The molecule has 0 saturated heterocycles. The van der Waals surface area contributed by atoms with Crippen molar-refractivity contribution in [3.63, 3.8) is 0 Å². The summed E-state index contributed by atoms with van der Waals surface area (Å²) in [6.45, 7) is 4.13. The molecule has 0 saturated carbocycles. The molecule has 0 rings (SSSR count). The number of hydrogen-bond acceptors (Lipinski definition) is 3. The van der Waals surface area contributed by atoms with Crippen molar-refractivity contribution in [1.29, 1.82) is 0 Å². The van der Waals surface area contributed by atoms with Crippen LogP contribution in [0.3, 0.4) is 0 Å². The molecule has 0 aromatic carbocycles. The van der Waals surface area contributed by atoms with Crippen LogP contribution in [0.15, 0.2) is 109 Å². The van der Waals surface area contributed by atoms with Gasteiger partial charge in [0.2, 0.25) is 5.91 Å². The van der Waals surface area contributed by atoms with E-state index in [-0.39, 0.29) is 12.5 Å². The molecular formula is C49H81NO3. The molecule has 53 heavy (non-hydrogen) atoms. The van der Waals surface area contributed by atoms with Gasteiger partial charge in [-0.15, -0.1) is 0 Å². The number of unbranched alkanes of at least 4 members (excludes halogenated alkanes) is 14. The van der Waals surface area contributed by atoms with Gasteiger partial charge in [-0.25, -0.2) is 0 Å². The molecule has 0 aromatic rings. The van der Waals surface area contributed by atoms with Crippen molar-refractivity contribution < 1.29 is 15.0 Å². The van der Waals surface area contributed by atoms with E-state index in [0.29, 0.717) is 12.8 Å². The van der Waals surface area contributed by atoms with Crippen molar-refractivity contribution in [3.8, 4) is 0 Å². The standard InChI is InChI=1S/C49H81NO3/c1-3-5-7-9-11-13-15-17-19-21-23-24-25-27-28-30-32-34-36-38-40-42-44-48(52)47(46-51)50-49(53)45-43-41-39-37-35-33-31-29-26-22-20-18-16-14-12-10-8-6-4-2/h6,8,12,14,18,20,26-29,33-36,39,41-42,44,47-48,51-52H,3-5,7,9-11,13,15-17,19,21-25,30-32,37-38,40,43,45-46H2,1-2H3,(H,50,53)/b8-6-,14-12-,20-18-,28-27+,29-26-,35-33-,36-34+,41-39-,44-42+. The average molecular weight is 732 g/mol. The molecule has 0 bridgehead atoms. The number of hydrogen-bond donors (Lipinski definition) is 3. The Balaban J connectivity index is 3.81. The molecule has 0 aliphatic heterocycles. The first-order valence-corrected chi connectivity index (χ1v) is 21.6. The van der Waals surface area contributed by atoms with Gasteiger partial charge in [-0.05, 0) is 83.5 Å². The van der Waals surface area contributed by atoms with Crippen molar-refractivity contribution in [2.75, 3.05) is 6.61 Å². The van der Waals surface area contributed by atoms with Crippen LogP contribution in [0, 0.1) is 0 Å². The molecule has 0 aliphatic carbocycles. The van der Waals surface area contributed by atoms with Gasteiger partial charge < -0.3 is 15.5 Å². The van der Waals surface area contributed by atoms with Crippen molar-refractivity contribution in [2.45, 2.75) is 187 Å². The van der Waals surface area contributed by atoms with Crippen LogP contribution in [-0.4, -0.2) is 34.9 Å². The second-order valence-electron chi connectivity index (χ2n) is 14.0. The predicted molar refractivity (Wildman–Crippen MR) is 234 cm³/mol. The molecule has 3 N–H and O–H groups in total. The first-order valence-electron chi connectivity index (χ1n) is 21.6. The minimum atomic E-state index is -0.908. The largest absolute Gasteiger partial charge is 0.394 e. The van der Waals surface area contributed by atoms with Crippen LogP contribution in [0.2, 0.25) is 0 Å². The normalized spacial score (nSPS) is 14.1. The predicted octanol–water partition coefficient (Wildman–Crippen LogP) is 13.6. The van der Waals surface area contributed by atoms with E-state index in [0.717, 1.165) is 64.2 Å². The molecule has 0 heterocycles. The van der Waals surface area contributed by atoms with Crippen LogP contribution >= 0.6 is 0 Å². The molecule has 0 aromatic heterocycles. The number of aliphatic hydroxyl groups is 2. The summed E-state index contributed by atoms with van der Waals surface area (Å²) >= 11 is 0. The number of aliphatic hydroxyl groups excluding tert-OH is 2. The fourth-order valence-electron chi connectivity index (χ4n) is 5.70. The van der Waals surface area contributed by atoms with Crippen LogP contribution in [0.4, 0.5) is 0 Å². The lowest BCUT2D eigenvalue weighted by atomic mass is 10.0. The van der Waals surface area contributed by atoms with E-state index in [4.69, 9.17) is 0 Å². The second-order valence-corrected chi connectivity index (χ2v) is 14.0. The summed E-state index contributed by atoms with van der Waals surface area (Å²) in [5.74, 6) is -0.165. The topological polar surface area (TPSA) is 69.6 Å². The summed E-state index contributed by atoms with van der Waals surface area (Å²) in [6, 6.07) is -0.693. The van der Waals surface area contributed by atoms with Gasteiger partial charge >= 0.3 is 0 Å². The molecule has 0 aliphatic rings. The maximum absolute atomic E-state index is 12.3. The third kappa shape index (κ3) is 40.1. The Bertz CT molecular complexity index is 1060. The van der Waals surface area contributed by atoms with Gasteiger partial charge in [0.25, 0.3) is 0 Å². The van der Waals surface area contributed by atoms with Gasteiger partial charge in [0.1, 0.15) is 0 Å². The molecule has 300 valence electrons. The zero-order valence-electron chi connectivity index (χ0n) is 34.2. The van der Waals surface area contributed by atoms with Crippen molar-refractivity contribution >= 4 is 5.91 Å². The number of carbonyl (C=O) groups is 1. The zero-order valence-corrected chi connectivity index (χ0v) is 34.2. The summed E-state index contributed by atoms with van der Waals surface area (Å²) in [6.07, 6.45) is 66.3. The smallest absolute Gasteiger partial charge is 0.220 e.